The highest BCUT2D eigenvalue weighted by atomic mass is 35.5. The fraction of sp³-hybridized carbons (Fsp3) is 0.300. The monoisotopic (exact) mass is 406 g/mol. The van der Waals surface area contributed by atoms with Crippen LogP contribution in [0.25, 0.3) is 5.57 Å². The molecule has 0 unspecified atom stereocenters. The molecule has 1 N–H and O–H groups in total. The zero-order chi connectivity index (χ0) is 19.4. The molecule has 1 aromatic carbocycles. The predicted molar refractivity (Wildman–Crippen MR) is 107 cm³/mol. The molecule has 27 heavy (non-hydrogen) atoms. The van der Waals surface area contributed by atoms with E-state index in [1.807, 2.05) is 37.3 Å². The molecule has 1 fully saturated rings. The molecule has 142 valence electrons. The van der Waals surface area contributed by atoms with E-state index in [2.05, 4.69) is 10.3 Å². The number of pyridine rings is 1. The van der Waals surface area contributed by atoms with Gasteiger partial charge in [-0.25, -0.2) is 4.98 Å². The molecule has 0 bridgehead atoms. The lowest BCUT2D eigenvalue weighted by Gasteiger charge is -2.14. The molecule has 1 aliphatic rings. The highest BCUT2D eigenvalue weighted by Crippen LogP contribution is 2.33. The Morgan fingerprint density at radius 3 is 2.74 bits per heavy atom. The fourth-order valence-electron chi connectivity index (χ4n) is 2.95. The van der Waals surface area contributed by atoms with E-state index in [1.165, 1.54) is 7.11 Å². The lowest BCUT2D eigenvalue weighted by Crippen LogP contribution is -2.23. The highest BCUT2D eigenvalue weighted by Gasteiger charge is 2.21. The molecule has 1 atom stereocenters. The fourth-order valence-corrected chi connectivity index (χ4v) is 3.37. The Kier molecular flexibility index (Phi) is 6.24. The van der Waals surface area contributed by atoms with Gasteiger partial charge in [-0.3, -0.25) is 4.79 Å². The minimum absolute atomic E-state index is 0.0435. The van der Waals surface area contributed by atoms with E-state index in [1.54, 1.807) is 6.07 Å². The molecular weight excluding hydrogens is 387 g/mol. The van der Waals surface area contributed by atoms with Crippen LogP contribution < -0.4 is 14.8 Å². The third kappa shape index (κ3) is 4.54. The molecule has 3 rings (SSSR count). The Morgan fingerprint density at radius 2 is 2.11 bits per heavy atom. The van der Waals surface area contributed by atoms with Crippen molar-refractivity contribution in [2.24, 2.45) is 0 Å². The maximum atomic E-state index is 11.6. The second kappa shape index (κ2) is 8.63. The van der Waals surface area contributed by atoms with Gasteiger partial charge in [0.25, 0.3) is 0 Å². The van der Waals surface area contributed by atoms with Crippen LogP contribution in [0.1, 0.15) is 31.0 Å². The topological polar surface area (TPSA) is 60.5 Å². The molecular formula is C20H20Cl2N2O3. The van der Waals surface area contributed by atoms with Gasteiger partial charge in [-0.15, -0.1) is 0 Å². The average Bonchev–Trinajstić information content (AvgIpc) is 3.07. The SMILES string of the molecule is CCOc1ccc(/C(=C\[C@H]2CCC(=O)N2)c2ccc(Cl)c(OC)n2)cc1Cl. The average molecular weight is 407 g/mol. The zero-order valence-corrected chi connectivity index (χ0v) is 16.6. The molecule has 1 saturated heterocycles. The van der Waals surface area contributed by atoms with Gasteiger partial charge < -0.3 is 14.8 Å². The van der Waals surface area contributed by atoms with Gasteiger partial charge in [-0.05, 0) is 43.2 Å². The number of halogens is 2. The number of carbonyl (C=O) groups excluding carboxylic acids is 1. The number of rotatable bonds is 6. The van der Waals surface area contributed by atoms with Crippen molar-refractivity contribution in [2.45, 2.75) is 25.8 Å². The molecule has 0 aliphatic carbocycles. The predicted octanol–water partition coefficient (Wildman–Crippen LogP) is 4.51. The summed E-state index contributed by atoms with van der Waals surface area (Å²) in [6.07, 6.45) is 3.24. The van der Waals surface area contributed by atoms with Crippen LogP contribution in [0.4, 0.5) is 0 Å². The van der Waals surface area contributed by atoms with Gasteiger partial charge in [0.05, 0.1) is 24.4 Å². The number of nitrogens with one attached hydrogen (secondary N) is 1. The Morgan fingerprint density at radius 1 is 1.30 bits per heavy atom. The minimum Gasteiger partial charge on any atom is -0.492 e. The number of methoxy groups -OCH3 is 1. The van der Waals surface area contributed by atoms with Crippen molar-refractivity contribution in [3.63, 3.8) is 0 Å². The Balaban J connectivity index is 2.06. The molecule has 2 heterocycles. The molecule has 0 saturated carbocycles. The summed E-state index contributed by atoms with van der Waals surface area (Å²) in [5.41, 5.74) is 2.38. The molecule has 1 aliphatic heterocycles. The summed E-state index contributed by atoms with van der Waals surface area (Å²) in [5.74, 6) is 1.01. The first-order valence-electron chi connectivity index (χ1n) is 8.66. The zero-order valence-electron chi connectivity index (χ0n) is 15.1. The second-order valence-electron chi connectivity index (χ2n) is 6.06. The third-order valence-electron chi connectivity index (χ3n) is 4.22. The van der Waals surface area contributed by atoms with Crippen LogP contribution in [0.15, 0.2) is 36.4 Å². The van der Waals surface area contributed by atoms with Crippen LogP contribution in [-0.2, 0) is 4.79 Å². The minimum atomic E-state index is -0.0682. The quantitative estimate of drug-likeness (QED) is 0.766. The maximum Gasteiger partial charge on any atom is 0.232 e. The normalized spacial score (nSPS) is 17.0. The van der Waals surface area contributed by atoms with Crippen LogP contribution in [0.5, 0.6) is 11.6 Å². The van der Waals surface area contributed by atoms with E-state index in [-0.39, 0.29) is 11.9 Å². The van der Waals surface area contributed by atoms with Gasteiger partial charge >= 0.3 is 0 Å². The van der Waals surface area contributed by atoms with Gasteiger partial charge in [-0.2, -0.15) is 0 Å². The summed E-state index contributed by atoms with van der Waals surface area (Å²) in [6, 6.07) is 9.06. The number of ether oxygens (including phenoxy) is 2. The van der Waals surface area contributed by atoms with E-state index in [0.717, 1.165) is 17.6 Å². The maximum absolute atomic E-state index is 11.6. The number of carbonyl (C=O) groups is 1. The van der Waals surface area contributed by atoms with E-state index in [0.29, 0.717) is 40.4 Å². The van der Waals surface area contributed by atoms with Crippen molar-refractivity contribution in [3.05, 3.63) is 57.7 Å². The van der Waals surface area contributed by atoms with Crippen molar-refractivity contribution >= 4 is 34.7 Å². The summed E-state index contributed by atoms with van der Waals surface area (Å²) in [7, 11) is 1.52. The van der Waals surface area contributed by atoms with Gasteiger partial charge in [0.15, 0.2) is 0 Å². The van der Waals surface area contributed by atoms with Crippen LogP contribution in [0, 0.1) is 0 Å². The number of amides is 1. The molecule has 0 spiro atoms. The molecule has 2 aromatic rings. The number of hydrogen-bond donors (Lipinski definition) is 1. The standard InChI is InChI=1S/C20H20Cl2N2O3/c1-3-27-18-8-4-12(10-16(18)22)14(11-13-5-9-19(25)23-13)17-7-6-15(21)20(24-17)26-2/h4,6-8,10-11,13H,3,5,9H2,1-2H3,(H,23,25)/b14-11+/t13-/m1/s1. The second-order valence-corrected chi connectivity index (χ2v) is 6.87. The lowest BCUT2D eigenvalue weighted by atomic mass is 9.99. The molecule has 1 aromatic heterocycles. The number of nitrogens with zero attached hydrogens (tertiary/aromatic N) is 1. The van der Waals surface area contributed by atoms with Crippen molar-refractivity contribution in [3.8, 4) is 11.6 Å². The van der Waals surface area contributed by atoms with E-state index >= 15 is 0 Å². The largest absolute Gasteiger partial charge is 0.492 e. The summed E-state index contributed by atoms with van der Waals surface area (Å²) < 4.78 is 10.8. The highest BCUT2D eigenvalue weighted by molar-refractivity contribution is 6.32. The van der Waals surface area contributed by atoms with E-state index < -0.39 is 0 Å². The van der Waals surface area contributed by atoms with Crippen molar-refractivity contribution in [1.82, 2.24) is 10.3 Å². The smallest absolute Gasteiger partial charge is 0.232 e. The van der Waals surface area contributed by atoms with Crippen LogP contribution >= 0.6 is 23.2 Å². The molecule has 1 amide bonds. The molecule has 7 heteroatoms. The molecule has 0 radical (unpaired) electrons. The van der Waals surface area contributed by atoms with Gasteiger partial charge in [-0.1, -0.05) is 35.3 Å². The Bertz CT molecular complexity index is 884. The number of benzene rings is 1. The summed E-state index contributed by atoms with van der Waals surface area (Å²) >= 11 is 12.5. The molecule has 5 nitrogen and oxygen atoms in total. The summed E-state index contributed by atoms with van der Waals surface area (Å²) in [4.78, 5) is 16.1. The van der Waals surface area contributed by atoms with Crippen molar-refractivity contribution in [1.29, 1.82) is 0 Å². The first kappa shape index (κ1) is 19.5. The number of aromatic nitrogens is 1. The van der Waals surface area contributed by atoms with Crippen LogP contribution in [0.3, 0.4) is 0 Å². The third-order valence-corrected chi connectivity index (χ3v) is 4.81. The number of hydrogen-bond acceptors (Lipinski definition) is 4. The van der Waals surface area contributed by atoms with Crippen molar-refractivity contribution < 1.29 is 14.3 Å². The Labute approximate surface area is 168 Å². The van der Waals surface area contributed by atoms with Gasteiger partial charge in [0, 0.05) is 18.0 Å². The van der Waals surface area contributed by atoms with Crippen LogP contribution in [-0.4, -0.2) is 30.6 Å². The first-order chi connectivity index (χ1) is 13.0. The van der Waals surface area contributed by atoms with Gasteiger partial charge in [0.2, 0.25) is 11.8 Å². The lowest BCUT2D eigenvalue weighted by molar-refractivity contribution is -0.119. The first-order valence-corrected chi connectivity index (χ1v) is 9.42. The van der Waals surface area contributed by atoms with Crippen LogP contribution in [0.2, 0.25) is 10.0 Å². The Hall–Kier alpha value is -2.24. The van der Waals surface area contributed by atoms with E-state index in [9.17, 15) is 4.79 Å². The van der Waals surface area contributed by atoms with Gasteiger partial charge in [0.1, 0.15) is 10.8 Å². The summed E-state index contributed by atoms with van der Waals surface area (Å²) in [6.45, 7) is 2.44. The summed E-state index contributed by atoms with van der Waals surface area (Å²) in [5, 5.41) is 3.89. The van der Waals surface area contributed by atoms with E-state index in [4.69, 9.17) is 32.7 Å². The van der Waals surface area contributed by atoms with Crippen molar-refractivity contribution in [2.75, 3.05) is 13.7 Å².